The fraction of sp³-hybridized carbons (Fsp3) is 0.269. The molecule has 0 aliphatic carbocycles. The maximum absolute atomic E-state index is 13.2. The molecule has 0 unspecified atom stereocenters. The van der Waals surface area contributed by atoms with Crippen LogP contribution in [-0.2, 0) is 0 Å². The minimum absolute atomic E-state index is 0.140. The maximum Gasteiger partial charge on any atom is 0.252 e. The fourth-order valence-electron chi connectivity index (χ4n) is 3.68. The zero-order valence-electron chi connectivity index (χ0n) is 19.1. The molecule has 33 heavy (non-hydrogen) atoms. The molecule has 2 aromatic heterocycles. The quantitative estimate of drug-likeness (QED) is 0.345. The van der Waals surface area contributed by atoms with Crippen LogP contribution in [0.3, 0.4) is 0 Å². The van der Waals surface area contributed by atoms with E-state index in [-0.39, 0.29) is 5.91 Å². The summed E-state index contributed by atoms with van der Waals surface area (Å²) in [7, 11) is 1.63. The van der Waals surface area contributed by atoms with Gasteiger partial charge in [0.2, 0.25) is 0 Å². The Bertz CT molecular complexity index is 1230. The number of methoxy groups -OCH3 is 1. The molecular weight excluding hydrogens is 416 g/mol. The van der Waals surface area contributed by atoms with Crippen LogP contribution >= 0.6 is 0 Å². The van der Waals surface area contributed by atoms with E-state index in [1.165, 1.54) is 0 Å². The van der Waals surface area contributed by atoms with E-state index in [0.29, 0.717) is 35.4 Å². The van der Waals surface area contributed by atoms with E-state index in [2.05, 4.69) is 22.4 Å². The Morgan fingerprint density at radius 2 is 1.70 bits per heavy atom. The smallest absolute Gasteiger partial charge is 0.252 e. The molecule has 170 valence electrons. The number of carbonyl (C=O) groups is 1. The summed E-state index contributed by atoms with van der Waals surface area (Å²) in [5, 5.41) is 11.3. The third-order valence-corrected chi connectivity index (χ3v) is 5.42. The highest BCUT2D eigenvalue weighted by atomic mass is 16.5. The van der Waals surface area contributed by atoms with Crippen molar-refractivity contribution in [3.8, 4) is 34.0 Å². The number of H-pyrrole nitrogens is 1. The number of amides is 1. The summed E-state index contributed by atoms with van der Waals surface area (Å²) in [6, 6.07) is 17.1. The van der Waals surface area contributed by atoms with Gasteiger partial charge in [-0.05, 0) is 67.9 Å². The number of rotatable bonds is 9. The third kappa shape index (κ3) is 4.82. The summed E-state index contributed by atoms with van der Waals surface area (Å²) in [6.45, 7) is 5.27. The number of hydrogen-bond acceptors (Lipinski definition) is 5. The predicted octanol–water partition coefficient (Wildman–Crippen LogP) is 5.23. The van der Waals surface area contributed by atoms with Crippen molar-refractivity contribution in [2.45, 2.75) is 26.7 Å². The molecule has 0 spiro atoms. The van der Waals surface area contributed by atoms with Gasteiger partial charge in [-0.2, -0.15) is 5.10 Å². The lowest BCUT2D eigenvalue weighted by atomic mass is 10.0. The van der Waals surface area contributed by atoms with E-state index in [1.807, 2.05) is 61.5 Å². The van der Waals surface area contributed by atoms with Gasteiger partial charge in [0.25, 0.3) is 5.91 Å². The van der Waals surface area contributed by atoms with Gasteiger partial charge < -0.3 is 14.8 Å². The number of nitrogens with one attached hydrogen (secondary N) is 2. The van der Waals surface area contributed by atoms with E-state index in [9.17, 15) is 4.79 Å². The van der Waals surface area contributed by atoms with Gasteiger partial charge in [0, 0.05) is 17.7 Å². The van der Waals surface area contributed by atoms with E-state index >= 15 is 0 Å². The molecule has 7 nitrogen and oxygen atoms in total. The number of carbonyl (C=O) groups excluding carboxylic acids is 1. The maximum atomic E-state index is 13.2. The Hall–Kier alpha value is -3.87. The number of benzene rings is 2. The lowest BCUT2D eigenvalue weighted by Gasteiger charge is -2.10. The highest BCUT2D eigenvalue weighted by Gasteiger charge is 2.20. The van der Waals surface area contributed by atoms with Gasteiger partial charge in [0.1, 0.15) is 11.5 Å². The molecule has 4 rings (SSSR count). The van der Waals surface area contributed by atoms with Crippen molar-refractivity contribution < 1.29 is 14.3 Å². The van der Waals surface area contributed by atoms with Crippen LogP contribution in [-0.4, -0.2) is 41.3 Å². The van der Waals surface area contributed by atoms with Crippen molar-refractivity contribution in [3.05, 3.63) is 60.2 Å². The molecule has 0 aliphatic rings. The van der Waals surface area contributed by atoms with Crippen LogP contribution in [0.5, 0.6) is 11.5 Å². The molecular formula is C26H28N4O3. The van der Waals surface area contributed by atoms with Crippen LogP contribution < -0.4 is 14.8 Å². The molecule has 2 heterocycles. The van der Waals surface area contributed by atoms with E-state index in [4.69, 9.17) is 14.5 Å². The van der Waals surface area contributed by atoms with Gasteiger partial charge in [0.15, 0.2) is 5.65 Å². The molecule has 0 atom stereocenters. The number of nitrogens with zero attached hydrogens (tertiary/aromatic N) is 2. The number of aromatic nitrogens is 3. The minimum Gasteiger partial charge on any atom is -0.497 e. The monoisotopic (exact) mass is 444 g/mol. The zero-order valence-corrected chi connectivity index (χ0v) is 19.1. The second kappa shape index (κ2) is 10.2. The first-order valence-corrected chi connectivity index (χ1v) is 11.2. The normalized spacial score (nSPS) is 10.9. The Labute approximate surface area is 193 Å². The van der Waals surface area contributed by atoms with Crippen LogP contribution in [0.2, 0.25) is 0 Å². The van der Waals surface area contributed by atoms with E-state index in [0.717, 1.165) is 41.2 Å². The van der Waals surface area contributed by atoms with Gasteiger partial charge >= 0.3 is 0 Å². The summed E-state index contributed by atoms with van der Waals surface area (Å²) in [4.78, 5) is 18.0. The topological polar surface area (TPSA) is 89.1 Å². The minimum atomic E-state index is -0.140. The van der Waals surface area contributed by atoms with Crippen molar-refractivity contribution in [1.82, 2.24) is 20.5 Å². The van der Waals surface area contributed by atoms with Crippen molar-refractivity contribution in [3.63, 3.8) is 0 Å². The molecule has 0 saturated carbocycles. The molecule has 2 aromatic carbocycles. The number of pyridine rings is 1. The van der Waals surface area contributed by atoms with Gasteiger partial charge in [-0.3, -0.25) is 9.89 Å². The first-order valence-electron chi connectivity index (χ1n) is 11.2. The fourth-order valence-corrected chi connectivity index (χ4v) is 3.68. The summed E-state index contributed by atoms with van der Waals surface area (Å²) in [6.07, 6.45) is 1.93. The molecule has 0 aliphatic heterocycles. The number of fused-ring (bicyclic) bond motifs is 1. The second-order valence-corrected chi connectivity index (χ2v) is 7.65. The molecule has 4 aromatic rings. The van der Waals surface area contributed by atoms with Gasteiger partial charge in [0.05, 0.1) is 36.1 Å². The van der Waals surface area contributed by atoms with Gasteiger partial charge in [-0.25, -0.2) is 4.98 Å². The number of unbranched alkanes of at least 4 members (excludes halogenated alkanes) is 1. The van der Waals surface area contributed by atoms with Crippen LogP contribution in [0, 0.1) is 0 Å². The first kappa shape index (κ1) is 22.3. The lowest BCUT2D eigenvalue weighted by molar-refractivity contribution is 0.0955. The summed E-state index contributed by atoms with van der Waals surface area (Å²) < 4.78 is 10.8. The van der Waals surface area contributed by atoms with Crippen molar-refractivity contribution in [2.75, 3.05) is 20.3 Å². The second-order valence-electron chi connectivity index (χ2n) is 7.65. The molecule has 2 N–H and O–H groups in total. The van der Waals surface area contributed by atoms with Crippen LogP contribution in [0.15, 0.2) is 54.6 Å². The SMILES string of the molecule is CCCCNC(=O)c1cc(-c2ccc(OCC)cc2)nc2n[nH]c(-c3ccc(OC)cc3)c12. The summed E-state index contributed by atoms with van der Waals surface area (Å²) in [5.41, 5.74) is 4.25. The van der Waals surface area contributed by atoms with Crippen molar-refractivity contribution in [2.24, 2.45) is 0 Å². The lowest BCUT2D eigenvalue weighted by Crippen LogP contribution is -2.24. The average Bonchev–Trinajstić information content (AvgIpc) is 3.28. The number of ether oxygens (including phenoxy) is 2. The number of aromatic amines is 1. The predicted molar refractivity (Wildman–Crippen MR) is 130 cm³/mol. The Morgan fingerprint density at radius 3 is 2.36 bits per heavy atom. The largest absolute Gasteiger partial charge is 0.497 e. The van der Waals surface area contributed by atoms with Crippen molar-refractivity contribution >= 4 is 16.9 Å². The highest BCUT2D eigenvalue weighted by Crippen LogP contribution is 2.32. The zero-order chi connectivity index (χ0) is 23.2. The number of hydrogen-bond donors (Lipinski definition) is 2. The molecule has 0 saturated heterocycles. The summed E-state index contributed by atoms with van der Waals surface area (Å²) in [5.74, 6) is 1.41. The molecule has 7 heteroatoms. The van der Waals surface area contributed by atoms with Gasteiger partial charge in [-0.1, -0.05) is 13.3 Å². The standard InChI is InChI=1S/C26H28N4O3/c1-4-6-15-27-26(31)21-16-22(17-7-13-20(14-8-17)33-5-2)28-25-23(21)24(29-30-25)18-9-11-19(32-3)12-10-18/h7-14,16H,4-6,15H2,1-3H3,(H,27,31)(H,28,29,30). The Morgan fingerprint density at radius 1 is 1.00 bits per heavy atom. The highest BCUT2D eigenvalue weighted by molar-refractivity contribution is 6.11. The Balaban J connectivity index is 1.81. The van der Waals surface area contributed by atoms with E-state index in [1.54, 1.807) is 7.11 Å². The van der Waals surface area contributed by atoms with Crippen LogP contribution in [0.1, 0.15) is 37.0 Å². The van der Waals surface area contributed by atoms with Crippen LogP contribution in [0.25, 0.3) is 33.5 Å². The third-order valence-electron chi connectivity index (χ3n) is 5.42. The molecule has 0 radical (unpaired) electrons. The van der Waals surface area contributed by atoms with Crippen LogP contribution in [0.4, 0.5) is 0 Å². The average molecular weight is 445 g/mol. The van der Waals surface area contributed by atoms with E-state index < -0.39 is 0 Å². The van der Waals surface area contributed by atoms with Crippen molar-refractivity contribution in [1.29, 1.82) is 0 Å². The first-order chi connectivity index (χ1) is 16.1. The molecule has 1 amide bonds. The van der Waals surface area contributed by atoms with Gasteiger partial charge in [-0.15, -0.1) is 0 Å². The molecule has 0 bridgehead atoms. The summed E-state index contributed by atoms with van der Waals surface area (Å²) >= 11 is 0. The Kier molecular flexibility index (Phi) is 6.88. The molecule has 0 fully saturated rings.